The Morgan fingerprint density at radius 1 is 0.302 bits per heavy atom. The highest BCUT2D eigenvalue weighted by molar-refractivity contribution is 7.42. The van der Waals surface area contributed by atoms with Crippen molar-refractivity contribution in [2.24, 2.45) is 0 Å². The highest BCUT2D eigenvalue weighted by atomic mass is 31.2. The molecule has 0 saturated carbocycles. The molecule has 0 N–H and O–H groups in total. The summed E-state index contributed by atoms with van der Waals surface area (Å²) < 4.78 is 43.4. The summed E-state index contributed by atoms with van der Waals surface area (Å²) in [5.74, 6) is 1.40. The van der Waals surface area contributed by atoms with Crippen molar-refractivity contribution >= 4 is 38.8 Å². The van der Waals surface area contributed by atoms with Crippen molar-refractivity contribution in [3.8, 4) is 22.6 Å². The topological polar surface area (TPSA) is 63.2 Å². The van der Waals surface area contributed by atoms with Crippen molar-refractivity contribution in [3.63, 3.8) is 0 Å². The molecule has 1 aromatic heterocycles. The molecule has 8 aromatic carbocycles. The summed E-state index contributed by atoms with van der Waals surface area (Å²) in [5.41, 5.74) is 13.5. The minimum absolute atomic E-state index is 0.231. The van der Waals surface area contributed by atoms with E-state index in [1.54, 1.807) is 0 Å². The Hall–Kier alpha value is -6.39. The van der Waals surface area contributed by atoms with Crippen LogP contribution in [-0.2, 0) is 52.4 Å². The van der Waals surface area contributed by atoms with E-state index in [0.717, 1.165) is 83.3 Å². The summed E-state index contributed by atoms with van der Waals surface area (Å²) in [6, 6.07) is 62.4. The van der Waals surface area contributed by atoms with Crippen molar-refractivity contribution in [2.75, 3.05) is 13.2 Å². The Morgan fingerprint density at radius 3 is 0.919 bits per heavy atom. The number of fused-ring (bicyclic) bond motifs is 3. The SMILES string of the molecule is CC(C)(C)c1cc(-c2cc(C(C)(C)C)cc(C(C)(C)C)c2Op2oc3c(C(C)(C)c4ccccc4)cc(C(C)(C)c4ccccc4)cc3c3cc(C(C)(C)c4ccccc4)cc(C(C)(C)c4ccccc4)c3o2)c(OP2OCCO2)c(C(C)(C)C)c1. The molecule has 1 aliphatic rings. The summed E-state index contributed by atoms with van der Waals surface area (Å²) >= 11 is 0. The van der Waals surface area contributed by atoms with Gasteiger partial charge in [0.15, 0.2) is 0 Å². The van der Waals surface area contributed by atoms with Crippen LogP contribution in [-0.4, -0.2) is 13.2 Å². The van der Waals surface area contributed by atoms with Gasteiger partial charge in [0.25, 0.3) is 0 Å². The standard InChI is InChI=1S/C78H92O6P2/c1-71(2,3)55-43-59(67(63(47-55)73(7,8)9)81-85-79-41-42-80-85)60-44-56(72(4,5)6)48-64(74(10,11)12)68(60)82-86-83-69-61(45-57(75(13,14)51-33-25-21-26-34-51)49-65(69)77(17,18)53-37-29-23-30-38-53)62-46-58(76(15,16)52-35-27-22-28-36-52)50-66(70(62)84-86)78(19,20)54-39-31-24-32-40-54/h21-40,43-50H,41-42H2,1-20H3. The largest absolute Gasteiger partial charge is 0.453 e. The molecule has 0 radical (unpaired) electrons. The smallest absolute Gasteiger partial charge is 0.426 e. The molecule has 0 bridgehead atoms. The molecule has 450 valence electrons. The summed E-state index contributed by atoms with van der Waals surface area (Å²) in [4.78, 5) is 0. The molecule has 2 heterocycles. The maximum absolute atomic E-state index is 8.02. The van der Waals surface area contributed by atoms with Gasteiger partial charge in [-0.3, -0.25) is 0 Å². The molecular formula is C78H92O6P2. The van der Waals surface area contributed by atoms with Gasteiger partial charge < -0.3 is 26.5 Å². The number of rotatable bonds is 13. The maximum atomic E-state index is 8.02. The lowest BCUT2D eigenvalue weighted by molar-refractivity contribution is 0.350. The van der Waals surface area contributed by atoms with Gasteiger partial charge in [0.1, 0.15) is 22.7 Å². The Bertz CT molecular complexity index is 3780. The Morgan fingerprint density at radius 2 is 0.605 bits per heavy atom. The molecule has 1 aliphatic heterocycles. The quantitative estimate of drug-likeness (QED) is 0.107. The average Bonchev–Trinajstić information content (AvgIpc) is 1.29. The average molecular weight is 1190 g/mol. The molecule has 9 aromatic rings. The summed E-state index contributed by atoms with van der Waals surface area (Å²) in [7, 11) is -4.04. The van der Waals surface area contributed by atoms with E-state index in [4.69, 9.17) is 26.5 Å². The van der Waals surface area contributed by atoms with E-state index in [-0.39, 0.29) is 16.2 Å². The third kappa shape index (κ3) is 12.3. The molecule has 0 amide bonds. The van der Waals surface area contributed by atoms with Gasteiger partial charge in [-0.05, 0) is 90.4 Å². The lowest BCUT2D eigenvalue weighted by Crippen LogP contribution is -2.24. The van der Waals surface area contributed by atoms with Crippen LogP contribution in [0.5, 0.6) is 11.5 Å². The van der Waals surface area contributed by atoms with E-state index in [1.165, 1.54) is 22.3 Å². The third-order valence-electron chi connectivity index (χ3n) is 18.2. The molecule has 86 heavy (non-hydrogen) atoms. The fraction of sp³-hybridized carbons (Fsp3) is 0.385. The molecule has 8 heteroatoms. The Kier molecular flexibility index (Phi) is 16.7. The van der Waals surface area contributed by atoms with Crippen molar-refractivity contribution in [3.05, 3.63) is 237 Å². The minimum Gasteiger partial charge on any atom is -0.426 e. The molecule has 10 rings (SSSR count). The monoisotopic (exact) mass is 1190 g/mol. The zero-order valence-electron chi connectivity index (χ0n) is 54.9. The second-order valence-electron chi connectivity index (χ2n) is 30.0. The maximum Gasteiger partial charge on any atom is 0.453 e. The molecule has 0 aliphatic carbocycles. The van der Waals surface area contributed by atoms with Gasteiger partial charge in [-0.2, -0.15) is 0 Å². The van der Waals surface area contributed by atoms with Gasteiger partial charge in [-0.25, -0.2) is 0 Å². The second kappa shape index (κ2) is 23.0. The van der Waals surface area contributed by atoms with E-state index in [0.29, 0.717) is 19.0 Å². The third-order valence-corrected chi connectivity index (χ3v) is 20.3. The van der Waals surface area contributed by atoms with Gasteiger partial charge in [0.2, 0.25) is 0 Å². The molecule has 1 saturated heterocycles. The molecule has 1 fully saturated rings. The van der Waals surface area contributed by atoms with Crippen LogP contribution in [0.25, 0.3) is 33.1 Å². The van der Waals surface area contributed by atoms with E-state index in [2.05, 4.69) is 308 Å². The zero-order chi connectivity index (χ0) is 62.2. The highest BCUT2D eigenvalue weighted by Crippen LogP contribution is 2.57. The van der Waals surface area contributed by atoms with E-state index >= 15 is 0 Å². The van der Waals surface area contributed by atoms with E-state index in [9.17, 15) is 0 Å². The van der Waals surface area contributed by atoms with E-state index in [1.807, 2.05) is 0 Å². The van der Waals surface area contributed by atoms with Crippen LogP contribution >= 0.6 is 16.8 Å². The lowest BCUT2D eigenvalue weighted by atomic mass is 9.71. The fourth-order valence-corrected chi connectivity index (χ4v) is 14.2. The van der Waals surface area contributed by atoms with E-state index < -0.39 is 43.9 Å². The molecule has 0 atom stereocenters. The zero-order valence-corrected chi connectivity index (χ0v) is 56.7. The van der Waals surface area contributed by atoms with Crippen LogP contribution < -0.4 is 9.05 Å². The van der Waals surface area contributed by atoms with Crippen molar-refractivity contribution in [1.82, 2.24) is 0 Å². The van der Waals surface area contributed by atoms with Gasteiger partial charge in [0, 0.05) is 65.8 Å². The van der Waals surface area contributed by atoms with Crippen LogP contribution in [0.1, 0.15) is 205 Å². The number of hydrogen-bond donors (Lipinski definition) is 0. The van der Waals surface area contributed by atoms with Gasteiger partial charge >= 0.3 is 16.8 Å². The molecular weight excluding hydrogens is 1090 g/mol. The normalized spacial score (nSPS) is 14.3. The molecule has 6 nitrogen and oxygen atoms in total. The van der Waals surface area contributed by atoms with Gasteiger partial charge in [-0.15, -0.1) is 0 Å². The van der Waals surface area contributed by atoms with Gasteiger partial charge in [-0.1, -0.05) is 284 Å². The van der Waals surface area contributed by atoms with Crippen LogP contribution in [0.2, 0.25) is 0 Å². The van der Waals surface area contributed by atoms with Crippen molar-refractivity contribution in [1.29, 1.82) is 0 Å². The number of hydrogen-bond acceptors (Lipinski definition) is 6. The van der Waals surface area contributed by atoms with Gasteiger partial charge in [0.05, 0.1) is 13.2 Å². The van der Waals surface area contributed by atoms with Crippen molar-refractivity contribution < 1.29 is 26.5 Å². The second-order valence-corrected chi connectivity index (χ2v) is 32.2. The summed E-state index contributed by atoms with van der Waals surface area (Å²) in [6.07, 6.45) is 0. The first-order valence-electron chi connectivity index (χ1n) is 30.8. The van der Waals surface area contributed by atoms with Crippen LogP contribution in [0.15, 0.2) is 178 Å². The van der Waals surface area contributed by atoms with Crippen molar-refractivity contribution in [2.45, 2.75) is 182 Å². The summed E-state index contributed by atoms with van der Waals surface area (Å²) in [5, 5.41) is 1.90. The van der Waals surface area contributed by atoms with Crippen LogP contribution in [0.4, 0.5) is 0 Å². The first kappa shape index (κ1) is 62.7. The first-order valence-corrected chi connectivity index (χ1v) is 32.9. The molecule has 0 spiro atoms. The number of benzene rings is 8. The minimum atomic E-state index is -2.35. The summed E-state index contributed by atoms with van der Waals surface area (Å²) in [6.45, 7) is 46.9. The molecule has 0 unspecified atom stereocenters. The van der Waals surface area contributed by atoms with Crippen LogP contribution in [0, 0.1) is 0 Å². The Balaban J connectivity index is 1.43. The van der Waals surface area contributed by atoms with Crippen LogP contribution in [0.3, 0.4) is 0 Å². The lowest BCUT2D eigenvalue weighted by Gasteiger charge is -2.32. The first-order chi connectivity index (χ1) is 40.2. The Labute approximate surface area is 516 Å². The fourth-order valence-electron chi connectivity index (χ4n) is 12.1. The predicted molar refractivity (Wildman–Crippen MR) is 363 cm³/mol. The predicted octanol–water partition coefficient (Wildman–Crippen LogP) is 22.9. The highest BCUT2D eigenvalue weighted by Gasteiger charge is 2.39.